The second-order valence-corrected chi connectivity index (χ2v) is 9.51. The van der Waals surface area contributed by atoms with E-state index in [4.69, 9.17) is 38.1 Å². The van der Waals surface area contributed by atoms with Gasteiger partial charge in [0.15, 0.2) is 12.3 Å². The van der Waals surface area contributed by atoms with E-state index in [0.29, 0.717) is 30.6 Å². The van der Waals surface area contributed by atoms with Crippen LogP contribution < -0.4 is 15.8 Å². The largest absolute Gasteiger partial charge is 0.484 e. The minimum Gasteiger partial charge on any atom is -0.484 e. The molecular weight excluding hydrogens is 491 g/mol. The topological polar surface area (TPSA) is 107 Å². The van der Waals surface area contributed by atoms with Gasteiger partial charge in [0.1, 0.15) is 23.1 Å². The molecule has 1 heterocycles. The number of primary amides is 1. The number of nitrogens with two attached hydrogens (primary N) is 1. The first-order chi connectivity index (χ1) is 16.1. The molecule has 0 unspecified atom stereocenters. The van der Waals surface area contributed by atoms with Crippen LogP contribution in [-0.4, -0.2) is 28.9 Å². The third-order valence-electron chi connectivity index (χ3n) is 6.20. The van der Waals surface area contributed by atoms with Gasteiger partial charge in [0.05, 0.1) is 10.0 Å². The Balaban J connectivity index is 1.25. The maximum Gasteiger partial charge on any atom is 0.271 e. The van der Waals surface area contributed by atoms with Crippen LogP contribution in [0.15, 0.2) is 40.8 Å². The minimum atomic E-state index is -0.758. The summed E-state index contributed by atoms with van der Waals surface area (Å²) < 4.78 is 38.6. The van der Waals surface area contributed by atoms with Gasteiger partial charge in [-0.3, -0.25) is 9.59 Å². The Morgan fingerprint density at radius 1 is 1.09 bits per heavy atom. The van der Waals surface area contributed by atoms with Crippen molar-refractivity contribution in [3.8, 4) is 17.2 Å². The van der Waals surface area contributed by atoms with Gasteiger partial charge in [-0.15, -0.1) is 0 Å². The molecule has 3 aromatic rings. The molecule has 2 amide bonds. The molecule has 2 aromatic carbocycles. The number of hydrogen-bond donors (Lipinski definition) is 2. The minimum absolute atomic E-state index is 0.0157. The molecule has 0 saturated heterocycles. The Morgan fingerprint density at radius 2 is 1.74 bits per heavy atom. The quantitative estimate of drug-likeness (QED) is 0.492. The predicted octanol–water partition coefficient (Wildman–Crippen LogP) is 4.39. The summed E-state index contributed by atoms with van der Waals surface area (Å²) in [6.07, 6.45) is 1.56. The van der Waals surface area contributed by atoms with Crippen molar-refractivity contribution in [2.24, 2.45) is 5.73 Å². The third-order valence-corrected chi connectivity index (χ3v) is 6.82. The number of rotatable bonds is 7. The predicted molar refractivity (Wildman–Crippen MR) is 119 cm³/mol. The number of ether oxygens (including phenoxy) is 1. The molecular formula is C23H17Cl2F2N3O4. The SMILES string of the molecule is NC(=O)c1nc(-c2ccc(Cl)c(F)c2)oc1C12CC(NC(=O)COc3ccc(Cl)c(F)c3)(C1)C2. The highest BCUT2D eigenvalue weighted by Gasteiger charge is 2.71. The molecule has 34 heavy (non-hydrogen) atoms. The number of nitrogens with zero attached hydrogens (tertiary/aromatic N) is 1. The summed E-state index contributed by atoms with van der Waals surface area (Å²) in [4.78, 5) is 28.5. The molecule has 0 aliphatic heterocycles. The highest BCUT2D eigenvalue weighted by atomic mass is 35.5. The van der Waals surface area contributed by atoms with Crippen molar-refractivity contribution in [1.29, 1.82) is 0 Å². The summed E-state index contributed by atoms with van der Waals surface area (Å²) in [6.45, 7) is -0.295. The van der Waals surface area contributed by atoms with Crippen molar-refractivity contribution in [3.63, 3.8) is 0 Å². The molecule has 11 heteroatoms. The van der Waals surface area contributed by atoms with E-state index in [1.165, 1.54) is 30.3 Å². The zero-order valence-corrected chi connectivity index (χ0v) is 19.0. The maximum absolute atomic E-state index is 13.9. The lowest BCUT2D eigenvalue weighted by Crippen LogP contribution is -2.77. The Morgan fingerprint density at radius 3 is 2.35 bits per heavy atom. The normalized spacial score (nSPS) is 22.5. The summed E-state index contributed by atoms with van der Waals surface area (Å²) >= 11 is 11.4. The van der Waals surface area contributed by atoms with E-state index in [1.807, 2.05) is 0 Å². The number of halogens is 4. The van der Waals surface area contributed by atoms with Crippen molar-refractivity contribution in [1.82, 2.24) is 10.3 Å². The van der Waals surface area contributed by atoms with Crippen LogP contribution >= 0.6 is 23.2 Å². The number of aromatic nitrogens is 1. The van der Waals surface area contributed by atoms with E-state index in [9.17, 15) is 18.4 Å². The third kappa shape index (κ3) is 3.78. The Hall–Kier alpha value is -3.17. The lowest BCUT2D eigenvalue weighted by molar-refractivity contribution is -0.142. The first-order valence-electron chi connectivity index (χ1n) is 10.3. The summed E-state index contributed by atoms with van der Waals surface area (Å²) in [6, 6.07) is 7.97. The van der Waals surface area contributed by atoms with Crippen LogP contribution in [0.4, 0.5) is 8.78 Å². The molecule has 176 valence electrons. The van der Waals surface area contributed by atoms with Gasteiger partial charge in [-0.2, -0.15) is 0 Å². The summed E-state index contributed by atoms with van der Waals surface area (Å²) in [7, 11) is 0. The standard InChI is InChI=1S/C23H17Cl2F2N3O4/c24-13-3-1-11(5-15(13)26)21-29-18(20(28)32)19(34-21)22-8-23(9-22,10-22)30-17(31)7-33-12-2-4-14(25)16(27)6-12/h1-6H,7-10H2,(H2,28,32)(H,30,31). The zero-order chi connectivity index (χ0) is 24.3. The van der Waals surface area contributed by atoms with Crippen LogP contribution in [0, 0.1) is 11.6 Å². The van der Waals surface area contributed by atoms with E-state index in [-0.39, 0.29) is 39.9 Å². The molecule has 3 N–H and O–H groups in total. The fourth-order valence-corrected chi connectivity index (χ4v) is 5.04. The average Bonchev–Trinajstić information content (AvgIpc) is 3.18. The van der Waals surface area contributed by atoms with Gasteiger partial charge in [-0.25, -0.2) is 13.8 Å². The Labute approximate surface area is 202 Å². The van der Waals surface area contributed by atoms with Gasteiger partial charge in [0.2, 0.25) is 5.89 Å². The molecule has 3 aliphatic rings. The number of carbonyl (C=O) groups is 2. The highest BCUT2D eigenvalue weighted by Crippen LogP contribution is 2.68. The first-order valence-corrected chi connectivity index (χ1v) is 11.0. The van der Waals surface area contributed by atoms with Gasteiger partial charge in [0, 0.05) is 22.6 Å². The number of carbonyl (C=O) groups excluding carboxylic acids is 2. The van der Waals surface area contributed by atoms with Crippen LogP contribution in [0.25, 0.3) is 11.5 Å². The van der Waals surface area contributed by atoms with E-state index in [1.54, 1.807) is 0 Å². The average molecular weight is 508 g/mol. The lowest BCUT2D eigenvalue weighted by Gasteiger charge is -2.69. The van der Waals surface area contributed by atoms with Crippen molar-refractivity contribution in [2.45, 2.75) is 30.2 Å². The molecule has 0 spiro atoms. The molecule has 0 atom stereocenters. The zero-order valence-electron chi connectivity index (χ0n) is 17.5. The Kier molecular flexibility index (Phi) is 5.29. The van der Waals surface area contributed by atoms with Crippen LogP contribution in [0.3, 0.4) is 0 Å². The summed E-state index contributed by atoms with van der Waals surface area (Å²) in [5.41, 5.74) is 4.86. The molecule has 7 nitrogen and oxygen atoms in total. The summed E-state index contributed by atoms with van der Waals surface area (Å²) in [5, 5.41) is 2.84. The van der Waals surface area contributed by atoms with Crippen molar-refractivity contribution >= 4 is 35.0 Å². The molecule has 3 fully saturated rings. The van der Waals surface area contributed by atoms with Crippen LogP contribution in [-0.2, 0) is 10.2 Å². The molecule has 2 bridgehead atoms. The van der Waals surface area contributed by atoms with Crippen molar-refractivity contribution in [3.05, 3.63) is 69.5 Å². The van der Waals surface area contributed by atoms with Gasteiger partial charge >= 0.3 is 0 Å². The maximum atomic E-state index is 13.9. The lowest BCUT2D eigenvalue weighted by atomic mass is 9.38. The van der Waals surface area contributed by atoms with Gasteiger partial charge < -0.3 is 20.2 Å². The second kappa shape index (κ2) is 7.95. The van der Waals surface area contributed by atoms with E-state index in [2.05, 4.69) is 10.3 Å². The molecule has 3 aliphatic carbocycles. The number of amides is 2. The number of oxazole rings is 1. The Bertz CT molecular complexity index is 1320. The van der Waals surface area contributed by atoms with Crippen LogP contribution in [0.2, 0.25) is 10.0 Å². The fourth-order valence-electron chi connectivity index (χ4n) is 4.81. The van der Waals surface area contributed by atoms with Crippen LogP contribution in [0.1, 0.15) is 35.5 Å². The van der Waals surface area contributed by atoms with Gasteiger partial charge in [-0.05, 0) is 49.6 Å². The van der Waals surface area contributed by atoms with E-state index >= 15 is 0 Å². The van der Waals surface area contributed by atoms with E-state index in [0.717, 1.165) is 6.07 Å². The van der Waals surface area contributed by atoms with E-state index < -0.39 is 28.5 Å². The first kappa shape index (κ1) is 22.6. The van der Waals surface area contributed by atoms with Gasteiger partial charge in [0.25, 0.3) is 11.8 Å². The fraction of sp³-hybridized carbons (Fsp3) is 0.261. The van der Waals surface area contributed by atoms with Crippen molar-refractivity contribution in [2.75, 3.05) is 6.61 Å². The smallest absolute Gasteiger partial charge is 0.271 e. The van der Waals surface area contributed by atoms with Crippen LogP contribution in [0.5, 0.6) is 5.75 Å². The monoisotopic (exact) mass is 507 g/mol. The van der Waals surface area contributed by atoms with Crippen molar-refractivity contribution < 1.29 is 27.5 Å². The molecule has 0 radical (unpaired) electrons. The number of nitrogens with one attached hydrogen (secondary N) is 1. The van der Waals surface area contributed by atoms with Gasteiger partial charge in [-0.1, -0.05) is 23.2 Å². The number of hydrogen-bond acceptors (Lipinski definition) is 5. The second-order valence-electron chi connectivity index (χ2n) is 8.69. The molecule has 1 aromatic heterocycles. The number of benzene rings is 2. The summed E-state index contributed by atoms with van der Waals surface area (Å²) in [5.74, 6) is -1.83. The highest BCUT2D eigenvalue weighted by molar-refractivity contribution is 6.31. The molecule has 3 saturated carbocycles. The molecule has 6 rings (SSSR count).